The van der Waals surface area contributed by atoms with Gasteiger partial charge in [0.05, 0.1) is 13.2 Å². The molecule has 0 amide bonds. The molecule has 0 saturated carbocycles. The normalized spacial score (nSPS) is 10.2. The van der Waals surface area contributed by atoms with Gasteiger partial charge in [0, 0.05) is 34.0 Å². The van der Waals surface area contributed by atoms with Crippen molar-refractivity contribution in [1.29, 1.82) is 0 Å². The maximum Gasteiger partial charge on any atom is 0.325 e. The third kappa shape index (κ3) is 7.07. The summed E-state index contributed by atoms with van der Waals surface area (Å²) in [5, 5.41) is 1.19. The first kappa shape index (κ1) is 24.4. The Kier molecular flexibility index (Phi) is 9.47. The van der Waals surface area contributed by atoms with E-state index in [0.29, 0.717) is 21.2 Å². The molecule has 0 spiro atoms. The van der Waals surface area contributed by atoms with Gasteiger partial charge in [-0.2, -0.15) is 0 Å². The van der Waals surface area contributed by atoms with Gasteiger partial charge in [-0.15, -0.1) is 0 Å². The number of benzene rings is 2. The first-order valence-corrected chi connectivity index (χ1v) is 10.5. The van der Waals surface area contributed by atoms with Crippen LogP contribution >= 0.6 is 23.2 Å². The van der Waals surface area contributed by atoms with Gasteiger partial charge in [0.15, 0.2) is 5.41 Å². The number of ether oxygens (including phenoxy) is 2. The fourth-order valence-electron chi connectivity index (χ4n) is 2.63. The number of hydrogen-bond donors (Lipinski definition) is 0. The standard InChI is InChI=1S/C25H22Cl2O4/c1-3-30-23(28)25(24(29)31-4-2,17-5-7-19-9-13-21(26)14-10-19)18-6-8-20-11-15-22(27)16-12-20/h9-16H,3-4,17-18H2,1-2H3. The first-order chi connectivity index (χ1) is 14.9. The summed E-state index contributed by atoms with van der Waals surface area (Å²) in [4.78, 5) is 25.7. The molecule has 0 aliphatic rings. The summed E-state index contributed by atoms with van der Waals surface area (Å²) in [6.45, 7) is 3.59. The second-order valence-electron chi connectivity index (χ2n) is 6.49. The monoisotopic (exact) mass is 456 g/mol. The molecule has 2 aromatic carbocycles. The van der Waals surface area contributed by atoms with Gasteiger partial charge < -0.3 is 9.47 Å². The highest BCUT2D eigenvalue weighted by molar-refractivity contribution is 6.30. The minimum absolute atomic E-state index is 0.0947. The van der Waals surface area contributed by atoms with Gasteiger partial charge in [0.1, 0.15) is 0 Å². The fraction of sp³-hybridized carbons (Fsp3) is 0.280. The lowest BCUT2D eigenvalue weighted by atomic mass is 9.81. The molecule has 0 radical (unpaired) electrons. The molecule has 2 rings (SSSR count). The zero-order chi connectivity index (χ0) is 22.7. The maximum atomic E-state index is 12.9. The van der Waals surface area contributed by atoms with Crippen LogP contribution < -0.4 is 0 Å². The van der Waals surface area contributed by atoms with E-state index >= 15 is 0 Å². The summed E-state index contributed by atoms with van der Waals surface area (Å²) in [7, 11) is 0. The third-order valence-electron chi connectivity index (χ3n) is 4.27. The van der Waals surface area contributed by atoms with Crippen molar-refractivity contribution < 1.29 is 19.1 Å². The van der Waals surface area contributed by atoms with Gasteiger partial charge in [-0.25, -0.2) is 0 Å². The van der Waals surface area contributed by atoms with Crippen LogP contribution in [0.4, 0.5) is 0 Å². The van der Waals surface area contributed by atoms with Crippen molar-refractivity contribution in [3.63, 3.8) is 0 Å². The van der Waals surface area contributed by atoms with Gasteiger partial charge in [-0.05, 0) is 62.4 Å². The van der Waals surface area contributed by atoms with E-state index in [9.17, 15) is 9.59 Å². The summed E-state index contributed by atoms with van der Waals surface area (Å²) in [6, 6.07) is 13.9. The Hall–Kier alpha value is -2.92. The Labute approximate surface area is 192 Å². The number of rotatable bonds is 6. The Morgan fingerprint density at radius 3 is 1.42 bits per heavy atom. The van der Waals surface area contributed by atoms with E-state index in [1.807, 2.05) is 0 Å². The highest BCUT2D eigenvalue weighted by Crippen LogP contribution is 2.30. The van der Waals surface area contributed by atoms with Crippen molar-refractivity contribution in [2.24, 2.45) is 5.41 Å². The van der Waals surface area contributed by atoms with Crippen LogP contribution in [-0.2, 0) is 19.1 Å². The van der Waals surface area contributed by atoms with Crippen LogP contribution in [0, 0.1) is 29.1 Å². The lowest BCUT2D eigenvalue weighted by Crippen LogP contribution is -2.41. The Morgan fingerprint density at radius 2 is 1.10 bits per heavy atom. The Bertz CT molecular complexity index is 934. The summed E-state index contributed by atoms with van der Waals surface area (Å²) in [5.74, 6) is 10.3. The van der Waals surface area contributed by atoms with E-state index in [1.54, 1.807) is 62.4 Å². The lowest BCUT2D eigenvalue weighted by molar-refractivity contribution is -0.171. The molecule has 0 aromatic heterocycles. The van der Waals surface area contributed by atoms with E-state index in [2.05, 4.69) is 23.7 Å². The van der Waals surface area contributed by atoms with Gasteiger partial charge >= 0.3 is 11.9 Å². The molecule has 2 aromatic rings. The minimum Gasteiger partial charge on any atom is -0.465 e. The number of carbonyl (C=O) groups excluding carboxylic acids is 2. The predicted molar refractivity (Wildman–Crippen MR) is 122 cm³/mol. The van der Waals surface area contributed by atoms with E-state index in [1.165, 1.54) is 0 Å². The van der Waals surface area contributed by atoms with Crippen molar-refractivity contribution in [3.05, 3.63) is 69.7 Å². The van der Waals surface area contributed by atoms with Gasteiger partial charge in [0.2, 0.25) is 0 Å². The van der Waals surface area contributed by atoms with E-state index < -0.39 is 17.4 Å². The summed E-state index contributed by atoms with van der Waals surface area (Å²) in [6.07, 6.45) is -0.189. The predicted octanol–water partition coefficient (Wildman–Crippen LogP) is 5.29. The number of hydrogen-bond acceptors (Lipinski definition) is 4. The zero-order valence-electron chi connectivity index (χ0n) is 17.3. The van der Waals surface area contributed by atoms with E-state index in [4.69, 9.17) is 32.7 Å². The van der Waals surface area contributed by atoms with Crippen molar-refractivity contribution in [2.45, 2.75) is 26.7 Å². The molecule has 6 heteroatoms. The fourth-order valence-corrected chi connectivity index (χ4v) is 2.89. The second-order valence-corrected chi connectivity index (χ2v) is 7.37. The number of halogens is 2. The quantitative estimate of drug-likeness (QED) is 0.336. The van der Waals surface area contributed by atoms with Crippen LogP contribution in [0.25, 0.3) is 0 Å². The smallest absolute Gasteiger partial charge is 0.325 e. The summed E-state index contributed by atoms with van der Waals surface area (Å²) < 4.78 is 10.4. The zero-order valence-corrected chi connectivity index (χ0v) is 18.8. The molecule has 0 aliphatic carbocycles. The van der Waals surface area contributed by atoms with Gasteiger partial charge in [0.25, 0.3) is 0 Å². The molecule has 0 saturated heterocycles. The number of esters is 2. The molecule has 4 nitrogen and oxygen atoms in total. The lowest BCUT2D eigenvalue weighted by Gasteiger charge is -2.25. The SMILES string of the molecule is CCOC(=O)C(CC#Cc1ccc(Cl)cc1)(CC#Cc1ccc(Cl)cc1)C(=O)OCC. The minimum atomic E-state index is -1.65. The number of carbonyl (C=O) groups is 2. The Balaban J connectivity index is 2.37. The molecule has 0 unspecified atom stereocenters. The van der Waals surface area contributed by atoms with Crippen molar-refractivity contribution in [2.75, 3.05) is 13.2 Å². The Morgan fingerprint density at radius 1 is 0.742 bits per heavy atom. The molecule has 0 fully saturated rings. The summed E-state index contributed by atoms with van der Waals surface area (Å²) in [5.41, 5.74) is -0.234. The van der Waals surface area contributed by atoms with Crippen molar-refractivity contribution in [1.82, 2.24) is 0 Å². The topological polar surface area (TPSA) is 52.6 Å². The molecule has 0 heterocycles. The molecule has 0 bridgehead atoms. The molecule has 160 valence electrons. The molecular formula is C25H22Cl2O4. The summed E-state index contributed by atoms with van der Waals surface area (Å²) >= 11 is 11.8. The van der Waals surface area contributed by atoms with E-state index in [-0.39, 0.29) is 26.1 Å². The van der Waals surface area contributed by atoms with Gasteiger partial charge in [-0.3, -0.25) is 9.59 Å². The van der Waals surface area contributed by atoms with E-state index in [0.717, 1.165) is 0 Å². The molecule has 0 aliphatic heterocycles. The highest BCUT2D eigenvalue weighted by atomic mass is 35.5. The first-order valence-electron chi connectivity index (χ1n) is 9.74. The van der Waals surface area contributed by atoms with Crippen LogP contribution in [-0.4, -0.2) is 25.2 Å². The molecule has 0 atom stereocenters. The van der Waals surface area contributed by atoms with Crippen LogP contribution in [0.5, 0.6) is 0 Å². The third-order valence-corrected chi connectivity index (χ3v) is 4.77. The molecule has 31 heavy (non-hydrogen) atoms. The average molecular weight is 457 g/mol. The van der Waals surface area contributed by atoms with Crippen LogP contribution in [0.2, 0.25) is 10.0 Å². The van der Waals surface area contributed by atoms with Crippen molar-refractivity contribution >= 4 is 35.1 Å². The van der Waals surface area contributed by atoms with Crippen LogP contribution in [0.1, 0.15) is 37.8 Å². The molecule has 0 N–H and O–H groups in total. The second kappa shape index (κ2) is 12.1. The largest absolute Gasteiger partial charge is 0.465 e. The van der Waals surface area contributed by atoms with Crippen molar-refractivity contribution in [3.8, 4) is 23.7 Å². The van der Waals surface area contributed by atoms with Crippen LogP contribution in [0.15, 0.2) is 48.5 Å². The maximum absolute atomic E-state index is 12.9. The molecular weight excluding hydrogens is 435 g/mol. The highest BCUT2D eigenvalue weighted by Gasteiger charge is 2.48. The van der Waals surface area contributed by atoms with Crippen LogP contribution in [0.3, 0.4) is 0 Å². The van der Waals surface area contributed by atoms with Gasteiger partial charge in [-0.1, -0.05) is 46.9 Å². The average Bonchev–Trinajstić information content (AvgIpc) is 2.75.